The Labute approximate surface area is 158 Å². The van der Waals surface area contributed by atoms with Crippen LogP contribution in [-0.2, 0) is 18.5 Å². The van der Waals surface area contributed by atoms with Gasteiger partial charge in [-0.2, -0.15) is 11.3 Å². The Morgan fingerprint density at radius 2 is 2.00 bits per heavy atom. The molecule has 1 fully saturated rings. The van der Waals surface area contributed by atoms with Crippen LogP contribution in [0.4, 0.5) is 5.69 Å². The zero-order valence-corrected chi connectivity index (χ0v) is 15.5. The number of likely N-dealkylation sites (tertiary alicyclic amines) is 1. The number of hydrogen-bond acceptors (Lipinski definition) is 5. The molecule has 132 valence electrons. The van der Waals surface area contributed by atoms with Gasteiger partial charge in [0.2, 0.25) is 0 Å². The molecule has 5 heteroatoms. The van der Waals surface area contributed by atoms with Crippen molar-refractivity contribution in [3.63, 3.8) is 0 Å². The molecule has 4 nitrogen and oxygen atoms in total. The number of nitrogens with zero attached hydrogens (tertiary/aromatic N) is 4. The molecule has 0 amide bonds. The van der Waals surface area contributed by atoms with Crippen LogP contribution in [-0.4, -0.2) is 34.5 Å². The van der Waals surface area contributed by atoms with Gasteiger partial charge in [0.05, 0.1) is 11.4 Å². The number of hydrogen-bond donors (Lipinski definition) is 0. The lowest BCUT2D eigenvalue weighted by Gasteiger charge is -2.26. The summed E-state index contributed by atoms with van der Waals surface area (Å²) in [7, 11) is 0. The van der Waals surface area contributed by atoms with Gasteiger partial charge in [0.25, 0.3) is 0 Å². The summed E-state index contributed by atoms with van der Waals surface area (Å²) in [5.41, 5.74) is 5.44. The molecule has 1 unspecified atom stereocenters. The topological polar surface area (TPSA) is 32.3 Å². The summed E-state index contributed by atoms with van der Waals surface area (Å²) in [4.78, 5) is 14.2. The van der Waals surface area contributed by atoms with Crippen molar-refractivity contribution >= 4 is 17.0 Å². The van der Waals surface area contributed by atoms with Crippen LogP contribution in [0.1, 0.15) is 23.2 Å². The van der Waals surface area contributed by atoms with E-state index in [1.54, 1.807) is 11.3 Å². The van der Waals surface area contributed by atoms with Crippen LogP contribution in [0.15, 0.2) is 59.7 Å². The third kappa shape index (κ3) is 2.81. The van der Waals surface area contributed by atoms with Gasteiger partial charge in [-0.15, -0.1) is 0 Å². The first kappa shape index (κ1) is 16.0. The van der Waals surface area contributed by atoms with Crippen LogP contribution in [0.2, 0.25) is 0 Å². The van der Waals surface area contributed by atoms with Crippen molar-refractivity contribution in [2.24, 2.45) is 0 Å². The maximum atomic E-state index is 4.84. The molecule has 3 aromatic heterocycles. The monoisotopic (exact) mass is 362 g/mol. The average molecular weight is 363 g/mol. The largest absolute Gasteiger partial charge is 0.365 e. The fraction of sp³-hybridized carbons (Fsp3) is 0.333. The summed E-state index contributed by atoms with van der Waals surface area (Å²) in [6.45, 7) is 5.24. The van der Waals surface area contributed by atoms with Gasteiger partial charge >= 0.3 is 0 Å². The van der Waals surface area contributed by atoms with Gasteiger partial charge in [-0.05, 0) is 59.1 Å². The Morgan fingerprint density at radius 3 is 2.85 bits per heavy atom. The second-order valence-electron chi connectivity index (χ2n) is 7.46. The van der Waals surface area contributed by atoms with Crippen LogP contribution in [0.5, 0.6) is 0 Å². The minimum atomic E-state index is 0.162. The van der Waals surface area contributed by atoms with Crippen molar-refractivity contribution in [2.45, 2.75) is 24.9 Å². The number of pyridine rings is 2. The first-order valence-electron chi connectivity index (χ1n) is 9.15. The van der Waals surface area contributed by atoms with E-state index in [2.05, 4.69) is 49.8 Å². The maximum Gasteiger partial charge on any atom is 0.0729 e. The van der Waals surface area contributed by atoms with Crippen molar-refractivity contribution < 1.29 is 0 Å². The van der Waals surface area contributed by atoms with Gasteiger partial charge in [-0.25, -0.2) is 0 Å². The normalized spacial score (nSPS) is 22.2. The summed E-state index contributed by atoms with van der Waals surface area (Å²) in [6.07, 6.45) is 6.95. The van der Waals surface area contributed by atoms with Crippen LogP contribution >= 0.6 is 11.3 Å². The van der Waals surface area contributed by atoms with Crippen LogP contribution in [0.25, 0.3) is 0 Å². The molecule has 26 heavy (non-hydrogen) atoms. The maximum absolute atomic E-state index is 4.84. The van der Waals surface area contributed by atoms with Crippen LogP contribution in [0.3, 0.4) is 0 Å². The minimum Gasteiger partial charge on any atom is -0.365 e. The van der Waals surface area contributed by atoms with E-state index in [4.69, 9.17) is 4.98 Å². The smallest absolute Gasteiger partial charge is 0.0729 e. The van der Waals surface area contributed by atoms with Crippen molar-refractivity contribution in [3.05, 3.63) is 76.5 Å². The molecule has 1 spiro atoms. The predicted molar refractivity (Wildman–Crippen MR) is 105 cm³/mol. The summed E-state index contributed by atoms with van der Waals surface area (Å²) < 4.78 is 0. The van der Waals surface area contributed by atoms with E-state index < -0.39 is 0 Å². The Morgan fingerprint density at radius 1 is 1.04 bits per heavy atom. The van der Waals surface area contributed by atoms with Gasteiger partial charge in [0, 0.05) is 50.2 Å². The highest BCUT2D eigenvalue weighted by atomic mass is 32.1. The molecule has 0 radical (unpaired) electrons. The number of fused-ring (bicyclic) bond motifs is 2. The van der Waals surface area contributed by atoms with E-state index in [1.165, 1.54) is 28.9 Å². The summed E-state index contributed by atoms with van der Waals surface area (Å²) in [5, 5.41) is 4.43. The molecule has 5 heterocycles. The molecule has 0 N–H and O–H groups in total. The summed E-state index contributed by atoms with van der Waals surface area (Å²) in [5.74, 6) is 0. The van der Waals surface area contributed by atoms with E-state index in [0.717, 1.165) is 32.7 Å². The first-order chi connectivity index (χ1) is 12.8. The second kappa shape index (κ2) is 6.49. The van der Waals surface area contributed by atoms with Gasteiger partial charge in [-0.3, -0.25) is 14.9 Å². The molecule has 0 saturated carbocycles. The molecule has 2 aliphatic rings. The lowest BCUT2D eigenvalue weighted by Crippen LogP contribution is -2.36. The third-order valence-electron chi connectivity index (χ3n) is 5.64. The Kier molecular flexibility index (Phi) is 3.98. The highest BCUT2D eigenvalue weighted by Crippen LogP contribution is 2.45. The van der Waals surface area contributed by atoms with E-state index >= 15 is 0 Å². The van der Waals surface area contributed by atoms with Crippen molar-refractivity contribution in [1.82, 2.24) is 14.9 Å². The fourth-order valence-electron chi connectivity index (χ4n) is 4.50. The van der Waals surface area contributed by atoms with Crippen LogP contribution < -0.4 is 4.90 Å². The highest BCUT2D eigenvalue weighted by Gasteiger charge is 2.48. The predicted octanol–water partition coefficient (Wildman–Crippen LogP) is 3.70. The number of anilines is 1. The van der Waals surface area contributed by atoms with Crippen LogP contribution in [0, 0.1) is 0 Å². The summed E-state index contributed by atoms with van der Waals surface area (Å²) in [6, 6.07) is 10.7. The zero-order chi connectivity index (χ0) is 17.4. The van der Waals surface area contributed by atoms with E-state index in [0.29, 0.717) is 0 Å². The van der Waals surface area contributed by atoms with Gasteiger partial charge < -0.3 is 4.90 Å². The highest BCUT2D eigenvalue weighted by molar-refractivity contribution is 7.07. The molecule has 5 rings (SSSR count). The Balaban J connectivity index is 1.40. The first-order valence-corrected chi connectivity index (χ1v) is 10.1. The standard InChI is InChI=1S/C21H22N4S/c1-3-17(11-22-7-1)13-25-16-21(20-19(25)4-2-8-23-20)6-9-24(15-21)12-18-5-10-26-14-18/h1-5,7-8,10-11,14H,6,9,12-13,15-16H2. The molecule has 1 saturated heterocycles. The van der Waals surface area contributed by atoms with Gasteiger partial charge in [0.15, 0.2) is 0 Å². The minimum absolute atomic E-state index is 0.162. The molecule has 0 bridgehead atoms. The molecule has 1 atom stereocenters. The van der Waals surface area contributed by atoms with E-state index in [-0.39, 0.29) is 5.41 Å². The lowest BCUT2D eigenvalue weighted by molar-refractivity contribution is 0.305. The summed E-state index contributed by atoms with van der Waals surface area (Å²) >= 11 is 1.78. The van der Waals surface area contributed by atoms with Crippen molar-refractivity contribution in [2.75, 3.05) is 24.5 Å². The Bertz CT molecular complexity index is 880. The number of rotatable bonds is 4. The van der Waals surface area contributed by atoms with Crippen molar-refractivity contribution in [3.8, 4) is 0 Å². The molecular formula is C21H22N4S. The zero-order valence-electron chi connectivity index (χ0n) is 14.7. The van der Waals surface area contributed by atoms with E-state index in [1.807, 2.05) is 24.7 Å². The Hall–Kier alpha value is -2.24. The fourth-order valence-corrected chi connectivity index (χ4v) is 5.16. The molecular weight excluding hydrogens is 340 g/mol. The van der Waals surface area contributed by atoms with E-state index in [9.17, 15) is 0 Å². The third-order valence-corrected chi connectivity index (χ3v) is 6.37. The quantitative estimate of drug-likeness (QED) is 0.708. The number of aromatic nitrogens is 2. The molecule has 2 aliphatic heterocycles. The lowest BCUT2D eigenvalue weighted by atomic mass is 9.85. The van der Waals surface area contributed by atoms with Crippen molar-refractivity contribution in [1.29, 1.82) is 0 Å². The second-order valence-corrected chi connectivity index (χ2v) is 8.24. The molecule has 3 aromatic rings. The van der Waals surface area contributed by atoms with Gasteiger partial charge in [-0.1, -0.05) is 6.07 Å². The van der Waals surface area contributed by atoms with Gasteiger partial charge in [0.1, 0.15) is 0 Å². The molecule has 0 aromatic carbocycles. The molecule has 0 aliphatic carbocycles. The SMILES string of the molecule is c1cncc(CN2CC3(CCN(Cc4ccsc4)C3)c3ncccc32)c1. The number of thiophene rings is 1. The average Bonchev–Trinajstić information content (AvgIpc) is 3.39.